The molecule has 2 N–H and O–H groups in total. The van der Waals surface area contributed by atoms with Crippen LogP contribution >= 0.6 is 0 Å². The van der Waals surface area contributed by atoms with Gasteiger partial charge in [0.2, 0.25) is 0 Å². The van der Waals surface area contributed by atoms with Gasteiger partial charge in [-0.15, -0.1) is 0 Å². The Morgan fingerprint density at radius 2 is 0.667 bits per heavy atom. The second-order valence-corrected chi connectivity index (χ2v) is 6.41. The van der Waals surface area contributed by atoms with Crippen molar-refractivity contribution >= 4 is 0 Å². The Labute approximate surface area is 169 Å². The molecule has 168 valence electrons. The summed E-state index contributed by atoms with van der Waals surface area (Å²) in [4.78, 5) is 0. The van der Waals surface area contributed by atoms with E-state index in [2.05, 4.69) is 27.7 Å². The summed E-state index contributed by atoms with van der Waals surface area (Å²) in [5.41, 5.74) is 0. The quantitative estimate of drug-likeness (QED) is 0.321. The SMILES string of the molecule is CCCCCCC.CCCCCCC.OCCOCCOCCOCCO. The van der Waals surface area contributed by atoms with E-state index >= 15 is 0 Å². The lowest BCUT2D eigenvalue weighted by molar-refractivity contribution is 0.00230. The molecular weight excluding hydrogens is 344 g/mol. The van der Waals surface area contributed by atoms with Crippen LogP contribution in [0.2, 0.25) is 0 Å². The first-order chi connectivity index (χ1) is 13.2. The second-order valence-electron chi connectivity index (χ2n) is 6.41. The van der Waals surface area contributed by atoms with Crippen LogP contribution < -0.4 is 0 Å². The minimum atomic E-state index is 0.0413. The van der Waals surface area contributed by atoms with Gasteiger partial charge < -0.3 is 24.4 Å². The van der Waals surface area contributed by atoms with Crippen molar-refractivity contribution in [2.45, 2.75) is 91.9 Å². The summed E-state index contributed by atoms with van der Waals surface area (Å²) >= 11 is 0. The molecule has 0 aromatic carbocycles. The average molecular weight is 395 g/mol. The van der Waals surface area contributed by atoms with Crippen LogP contribution in [0.4, 0.5) is 0 Å². The van der Waals surface area contributed by atoms with E-state index in [1.807, 2.05) is 0 Å². The maximum absolute atomic E-state index is 8.36. The Kier molecular flexibility index (Phi) is 42.8. The second kappa shape index (κ2) is 36.7. The fourth-order valence-electron chi connectivity index (χ4n) is 2.02. The number of rotatable bonds is 18. The van der Waals surface area contributed by atoms with E-state index in [9.17, 15) is 0 Å². The fourth-order valence-corrected chi connectivity index (χ4v) is 2.02. The molecule has 5 heteroatoms. The first-order valence-electron chi connectivity index (χ1n) is 11.2. The molecule has 0 heterocycles. The van der Waals surface area contributed by atoms with Crippen LogP contribution in [0.25, 0.3) is 0 Å². The molecule has 0 atom stereocenters. The molecule has 0 bridgehead atoms. The van der Waals surface area contributed by atoms with Gasteiger partial charge in [0.25, 0.3) is 0 Å². The van der Waals surface area contributed by atoms with Gasteiger partial charge in [-0.25, -0.2) is 0 Å². The summed E-state index contributed by atoms with van der Waals surface area (Å²) in [6.07, 6.45) is 14.0. The van der Waals surface area contributed by atoms with Crippen molar-refractivity contribution < 1.29 is 24.4 Å². The summed E-state index contributed by atoms with van der Waals surface area (Å²) in [7, 11) is 0. The minimum Gasteiger partial charge on any atom is -0.394 e. The van der Waals surface area contributed by atoms with Crippen LogP contribution in [0, 0.1) is 0 Å². The van der Waals surface area contributed by atoms with Gasteiger partial charge in [0, 0.05) is 0 Å². The van der Waals surface area contributed by atoms with Crippen molar-refractivity contribution in [2.75, 3.05) is 52.9 Å². The lowest BCUT2D eigenvalue weighted by Gasteiger charge is -2.04. The van der Waals surface area contributed by atoms with E-state index in [-0.39, 0.29) is 13.2 Å². The Balaban J connectivity index is -0.000000350. The first-order valence-corrected chi connectivity index (χ1v) is 11.2. The molecule has 0 aromatic rings. The van der Waals surface area contributed by atoms with E-state index in [1.165, 1.54) is 64.2 Å². The molecule has 5 nitrogen and oxygen atoms in total. The third-order valence-corrected chi connectivity index (χ3v) is 3.63. The predicted octanol–water partition coefficient (Wildman–Crippen LogP) is 4.97. The molecule has 0 fully saturated rings. The van der Waals surface area contributed by atoms with Crippen molar-refractivity contribution in [1.29, 1.82) is 0 Å². The molecule has 0 spiro atoms. The van der Waals surface area contributed by atoms with Crippen LogP contribution in [-0.4, -0.2) is 63.1 Å². The lowest BCUT2D eigenvalue weighted by atomic mass is 10.2. The molecule has 0 amide bonds. The number of unbranched alkanes of at least 4 members (excludes halogenated alkanes) is 8. The zero-order valence-corrected chi connectivity index (χ0v) is 18.8. The Hall–Kier alpha value is -0.200. The average Bonchev–Trinajstić information content (AvgIpc) is 2.69. The van der Waals surface area contributed by atoms with Gasteiger partial charge >= 0.3 is 0 Å². The zero-order chi connectivity index (χ0) is 20.8. The zero-order valence-electron chi connectivity index (χ0n) is 18.8. The highest BCUT2D eigenvalue weighted by Crippen LogP contribution is 2.00. The van der Waals surface area contributed by atoms with E-state index in [4.69, 9.17) is 24.4 Å². The van der Waals surface area contributed by atoms with E-state index < -0.39 is 0 Å². The summed E-state index contributed by atoms with van der Waals surface area (Å²) in [5, 5.41) is 16.7. The van der Waals surface area contributed by atoms with Crippen molar-refractivity contribution in [3.05, 3.63) is 0 Å². The predicted molar refractivity (Wildman–Crippen MR) is 115 cm³/mol. The molecule has 0 unspecified atom stereocenters. The topological polar surface area (TPSA) is 68.2 Å². The highest BCUT2D eigenvalue weighted by molar-refractivity contribution is 4.36. The smallest absolute Gasteiger partial charge is 0.0701 e. The number of hydrogen-bond acceptors (Lipinski definition) is 5. The molecule has 0 saturated carbocycles. The molecular formula is C22H50O5. The van der Waals surface area contributed by atoms with Gasteiger partial charge in [-0.2, -0.15) is 0 Å². The number of aliphatic hydroxyl groups is 2. The van der Waals surface area contributed by atoms with Crippen molar-refractivity contribution in [3.63, 3.8) is 0 Å². The Morgan fingerprint density at radius 3 is 0.889 bits per heavy atom. The van der Waals surface area contributed by atoms with Crippen molar-refractivity contribution in [3.8, 4) is 0 Å². The molecule has 0 aromatic heterocycles. The van der Waals surface area contributed by atoms with Crippen molar-refractivity contribution in [2.24, 2.45) is 0 Å². The highest BCUT2D eigenvalue weighted by atomic mass is 16.5. The summed E-state index contributed by atoms with van der Waals surface area (Å²) < 4.78 is 15.0. The summed E-state index contributed by atoms with van der Waals surface area (Å²) in [5.74, 6) is 0. The normalized spacial score (nSPS) is 10.0. The van der Waals surface area contributed by atoms with Crippen LogP contribution in [-0.2, 0) is 14.2 Å². The molecule has 0 aliphatic rings. The van der Waals surface area contributed by atoms with Gasteiger partial charge in [-0.3, -0.25) is 0 Å². The van der Waals surface area contributed by atoms with E-state index in [0.29, 0.717) is 39.6 Å². The van der Waals surface area contributed by atoms with Gasteiger partial charge in [-0.05, 0) is 0 Å². The molecule has 0 radical (unpaired) electrons. The van der Waals surface area contributed by atoms with Crippen LogP contribution in [0.3, 0.4) is 0 Å². The van der Waals surface area contributed by atoms with Gasteiger partial charge in [-0.1, -0.05) is 91.9 Å². The van der Waals surface area contributed by atoms with Gasteiger partial charge in [0.1, 0.15) is 0 Å². The summed E-state index contributed by atoms with van der Waals surface area (Å²) in [6, 6.07) is 0. The highest BCUT2D eigenvalue weighted by Gasteiger charge is 1.90. The Bertz CT molecular complexity index is 175. The first kappa shape index (κ1) is 31.5. The van der Waals surface area contributed by atoms with Crippen molar-refractivity contribution in [1.82, 2.24) is 0 Å². The Morgan fingerprint density at radius 1 is 0.407 bits per heavy atom. The molecule has 27 heavy (non-hydrogen) atoms. The molecule has 0 aliphatic carbocycles. The summed E-state index contributed by atoms with van der Waals surface area (Å²) in [6.45, 7) is 11.7. The number of ether oxygens (including phenoxy) is 3. The monoisotopic (exact) mass is 394 g/mol. The lowest BCUT2D eigenvalue weighted by Crippen LogP contribution is -2.11. The third-order valence-electron chi connectivity index (χ3n) is 3.63. The maximum atomic E-state index is 8.36. The van der Waals surface area contributed by atoms with Crippen LogP contribution in [0.5, 0.6) is 0 Å². The standard InChI is InChI=1S/C8H18O5.2C7H16/c9-1-3-11-5-7-13-8-6-12-4-2-10;2*1-3-5-7-6-4-2/h9-10H,1-8H2;2*3-7H2,1-2H3. The molecule has 0 aliphatic heterocycles. The molecule has 0 saturated heterocycles. The molecule has 0 rings (SSSR count). The van der Waals surface area contributed by atoms with E-state index in [0.717, 1.165) is 0 Å². The largest absolute Gasteiger partial charge is 0.394 e. The van der Waals surface area contributed by atoms with Crippen LogP contribution in [0.1, 0.15) is 91.9 Å². The van der Waals surface area contributed by atoms with Crippen LogP contribution in [0.15, 0.2) is 0 Å². The van der Waals surface area contributed by atoms with Gasteiger partial charge in [0.15, 0.2) is 0 Å². The number of hydrogen-bond donors (Lipinski definition) is 2. The number of aliphatic hydroxyl groups excluding tert-OH is 2. The fraction of sp³-hybridized carbons (Fsp3) is 1.00. The minimum absolute atomic E-state index is 0.0413. The van der Waals surface area contributed by atoms with E-state index in [1.54, 1.807) is 0 Å². The van der Waals surface area contributed by atoms with Gasteiger partial charge in [0.05, 0.1) is 52.9 Å². The third kappa shape index (κ3) is 46.1. The maximum Gasteiger partial charge on any atom is 0.0701 e.